The molecule has 0 saturated carbocycles. The molecule has 0 aliphatic rings. The van der Waals surface area contributed by atoms with Crippen molar-refractivity contribution in [2.75, 3.05) is 18.6 Å². The zero-order valence-electron chi connectivity index (χ0n) is 8.00. The van der Waals surface area contributed by atoms with Gasteiger partial charge in [-0.3, -0.25) is 0 Å². The lowest BCUT2D eigenvalue weighted by atomic mass is 10.2. The Morgan fingerprint density at radius 2 is 2.29 bits per heavy atom. The van der Waals surface area contributed by atoms with Gasteiger partial charge < -0.3 is 9.84 Å². The molecule has 4 heteroatoms. The van der Waals surface area contributed by atoms with Gasteiger partial charge in [0.25, 0.3) is 0 Å². The van der Waals surface area contributed by atoms with Crippen LogP contribution in [0.5, 0.6) is 5.75 Å². The first kappa shape index (κ1) is 11.3. The van der Waals surface area contributed by atoms with Crippen molar-refractivity contribution in [3.05, 3.63) is 29.6 Å². The fourth-order valence-corrected chi connectivity index (χ4v) is 1.32. The summed E-state index contributed by atoms with van der Waals surface area (Å²) in [5, 5.41) is 8.95. The van der Waals surface area contributed by atoms with E-state index in [1.54, 1.807) is 23.9 Å². The second-order valence-electron chi connectivity index (χ2n) is 2.73. The highest BCUT2D eigenvalue weighted by Gasteiger charge is 2.08. The third-order valence-electron chi connectivity index (χ3n) is 1.75. The van der Waals surface area contributed by atoms with Crippen LogP contribution in [0.15, 0.2) is 18.2 Å². The highest BCUT2D eigenvalue weighted by Crippen LogP contribution is 2.22. The SMILES string of the molecule is CSCCOc1c(F)cccc1CO. The van der Waals surface area contributed by atoms with Crippen molar-refractivity contribution >= 4 is 11.8 Å². The molecule has 0 spiro atoms. The number of ether oxygens (including phenoxy) is 1. The number of aliphatic hydroxyl groups is 1. The molecule has 78 valence electrons. The van der Waals surface area contributed by atoms with Crippen LogP contribution >= 0.6 is 11.8 Å². The highest BCUT2D eigenvalue weighted by atomic mass is 32.2. The summed E-state index contributed by atoms with van der Waals surface area (Å²) >= 11 is 1.63. The van der Waals surface area contributed by atoms with Gasteiger partial charge in [0.2, 0.25) is 0 Å². The predicted molar refractivity (Wildman–Crippen MR) is 56.2 cm³/mol. The Morgan fingerprint density at radius 1 is 1.50 bits per heavy atom. The summed E-state index contributed by atoms with van der Waals surface area (Å²) in [6, 6.07) is 4.54. The van der Waals surface area contributed by atoms with Gasteiger partial charge in [-0.05, 0) is 12.3 Å². The molecule has 0 bridgehead atoms. The van der Waals surface area contributed by atoms with E-state index in [9.17, 15) is 4.39 Å². The van der Waals surface area contributed by atoms with Crippen molar-refractivity contribution in [2.24, 2.45) is 0 Å². The summed E-state index contributed by atoms with van der Waals surface area (Å²) in [7, 11) is 0. The minimum absolute atomic E-state index is 0.170. The van der Waals surface area contributed by atoms with Crippen LogP contribution in [0.4, 0.5) is 4.39 Å². The van der Waals surface area contributed by atoms with E-state index in [1.165, 1.54) is 6.07 Å². The molecule has 0 fully saturated rings. The zero-order valence-corrected chi connectivity index (χ0v) is 8.81. The van der Waals surface area contributed by atoms with Gasteiger partial charge in [-0.2, -0.15) is 11.8 Å². The summed E-state index contributed by atoms with van der Waals surface area (Å²) in [5.41, 5.74) is 0.492. The molecule has 0 aliphatic carbocycles. The van der Waals surface area contributed by atoms with Crippen LogP contribution in [-0.2, 0) is 6.61 Å². The van der Waals surface area contributed by atoms with Crippen molar-refractivity contribution < 1.29 is 14.2 Å². The first-order valence-electron chi connectivity index (χ1n) is 4.29. The summed E-state index contributed by atoms with van der Waals surface area (Å²) in [5.74, 6) is 0.556. The standard InChI is InChI=1S/C10H13FO2S/c1-14-6-5-13-10-8(7-12)3-2-4-9(10)11/h2-4,12H,5-7H2,1H3. The largest absolute Gasteiger partial charge is 0.489 e. The molecular formula is C10H13FO2S. The zero-order chi connectivity index (χ0) is 10.4. The van der Waals surface area contributed by atoms with E-state index in [0.717, 1.165) is 5.75 Å². The average molecular weight is 216 g/mol. The Hall–Kier alpha value is -0.740. The van der Waals surface area contributed by atoms with E-state index < -0.39 is 5.82 Å². The summed E-state index contributed by atoms with van der Waals surface area (Å²) in [6.07, 6.45) is 1.96. The number of thioether (sulfide) groups is 1. The molecule has 1 N–H and O–H groups in total. The lowest BCUT2D eigenvalue weighted by molar-refractivity contribution is 0.262. The lowest BCUT2D eigenvalue weighted by Gasteiger charge is -2.09. The Labute approximate surface area is 87.1 Å². The molecule has 0 radical (unpaired) electrons. The molecule has 0 saturated heterocycles. The van der Waals surface area contributed by atoms with Gasteiger partial charge >= 0.3 is 0 Å². The average Bonchev–Trinajstić information content (AvgIpc) is 2.20. The Bertz CT molecular complexity index is 291. The fraction of sp³-hybridized carbons (Fsp3) is 0.400. The Balaban J connectivity index is 2.72. The normalized spacial score (nSPS) is 10.2. The van der Waals surface area contributed by atoms with Gasteiger partial charge in [-0.15, -0.1) is 0 Å². The van der Waals surface area contributed by atoms with Crippen molar-refractivity contribution in [1.29, 1.82) is 0 Å². The van der Waals surface area contributed by atoms with Crippen molar-refractivity contribution in [1.82, 2.24) is 0 Å². The quantitative estimate of drug-likeness (QED) is 0.764. The molecular weight excluding hydrogens is 203 g/mol. The van der Waals surface area contributed by atoms with Crippen LogP contribution in [0.25, 0.3) is 0 Å². The van der Waals surface area contributed by atoms with Gasteiger partial charge in [0, 0.05) is 11.3 Å². The molecule has 1 aromatic carbocycles. The van der Waals surface area contributed by atoms with Crippen LogP contribution in [-0.4, -0.2) is 23.7 Å². The first-order chi connectivity index (χ1) is 6.79. The van der Waals surface area contributed by atoms with Crippen molar-refractivity contribution in [2.45, 2.75) is 6.61 Å². The van der Waals surface area contributed by atoms with Crippen molar-refractivity contribution in [3.8, 4) is 5.75 Å². The second-order valence-corrected chi connectivity index (χ2v) is 3.71. The van der Waals surface area contributed by atoms with E-state index in [2.05, 4.69) is 0 Å². The van der Waals surface area contributed by atoms with E-state index in [4.69, 9.17) is 9.84 Å². The van der Waals surface area contributed by atoms with E-state index in [0.29, 0.717) is 12.2 Å². The maximum absolute atomic E-state index is 13.2. The topological polar surface area (TPSA) is 29.5 Å². The molecule has 0 aliphatic heterocycles. The third-order valence-corrected chi connectivity index (χ3v) is 2.33. The molecule has 14 heavy (non-hydrogen) atoms. The van der Waals surface area contributed by atoms with Crippen LogP contribution in [0.1, 0.15) is 5.56 Å². The molecule has 1 rings (SSSR count). The van der Waals surface area contributed by atoms with Crippen molar-refractivity contribution in [3.63, 3.8) is 0 Å². The predicted octanol–water partition coefficient (Wildman–Crippen LogP) is 2.06. The fourth-order valence-electron chi connectivity index (χ4n) is 1.07. The summed E-state index contributed by atoms with van der Waals surface area (Å²) in [4.78, 5) is 0. The number of rotatable bonds is 5. The first-order valence-corrected chi connectivity index (χ1v) is 5.69. The molecule has 2 nitrogen and oxygen atoms in total. The smallest absolute Gasteiger partial charge is 0.165 e. The summed E-state index contributed by atoms with van der Waals surface area (Å²) < 4.78 is 18.5. The summed E-state index contributed by atoms with van der Waals surface area (Å²) in [6.45, 7) is 0.251. The Morgan fingerprint density at radius 3 is 2.93 bits per heavy atom. The minimum Gasteiger partial charge on any atom is -0.489 e. The van der Waals surface area contributed by atoms with E-state index >= 15 is 0 Å². The number of hydrogen-bond donors (Lipinski definition) is 1. The third kappa shape index (κ3) is 2.89. The van der Waals surface area contributed by atoms with Gasteiger partial charge in [0.15, 0.2) is 11.6 Å². The maximum atomic E-state index is 13.2. The molecule has 0 heterocycles. The molecule has 0 unspecified atom stereocenters. The lowest BCUT2D eigenvalue weighted by Crippen LogP contribution is -2.04. The van der Waals surface area contributed by atoms with Crippen LogP contribution in [0.3, 0.4) is 0 Å². The number of benzene rings is 1. The van der Waals surface area contributed by atoms with Crippen LogP contribution in [0, 0.1) is 5.82 Å². The number of hydrogen-bond acceptors (Lipinski definition) is 3. The van der Waals surface area contributed by atoms with Gasteiger partial charge in [0.1, 0.15) is 0 Å². The van der Waals surface area contributed by atoms with Crippen LogP contribution in [0.2, 0.25) is 0 Å². The van der Waals surface area contributed by atoms with Gasteiger partial charge in [-0.1, -0.05) is 12.1 Å². The molecule has 0 atom stereocenters. The second kappa shape index (κ2) is 5.88. The van der Waals surface area contributed by atoms with Crippen LogP contribution < -0.4 is 4.74 Å². The molecule has 0 aromatic heterocycles. The van der Waals surface area contributed by atoms with E-state index in [-0.39, 0.29) is 12.4 Å². The Kier molecular flexibility index (Phi) is 4.76. The van der Waals surface area contributed by atoms with Gasteiger partial charge in [0.05, 0.1) is 13.2 Å². The highest BCUT2D eigenvalue weighted by molar-refractivity contribution is 7.98. The number of halogens is 1. The molecule has 1 aromatic rings. The molecule has 0 amide bonds. The monoisotopic (exact) mass is 216 g/mol. The number of para-hydroxylation sites is 1. The van der Waals surface area contributed by atoms with E-state index in [1.807, 2.05) is 6.26 Å². The number of aliphatic hydroxyl groups excluding tert-OH is 1. The maximum Gasteiger partial charge on any atom is 0.165 e. The minimum atomic E-state index is -0.419. The van der Waals surface area contributed by atoms with Gasteiger partial charge in [-0.25, -0.2) is 4.39 Å².